The molecule has 5 rings (SSSR count). The Bertz CT molecular complexity index is 1500. The number of hydrogen-bond donors (Lipinski definition) is 2. The van der Waals surface area contributed by atoms with Crippen molar-refractivity contribution in [2.24, 2.45) is 0 Å². The average Bonchev–Trinajstić information content (AvgIpc) is 3.40. The molecule has 0 radical (unpaired) electrons. The molecule has 2 aromatic carbocycles. The number of thiazole rings is 1. The second-order valence-electron chi connectivity index (χ2n) is 9.03. The van der Waals surface area contributed by atoms with Gasteiger partial charge in [-0.25, -0.2) is 13.4 Å². The molecule has 0 saturated heterocycles. The molecule has 1 aliphatic rings. The number of pyridine rings is 1. The van der Waals surface area contributed by atoms with Crippen molar-refractivity contribution in [1.29, 1.82) is 0 Å². The van der Waals surface area contributed by atoms with E-state index in [-0.39, 0.29) is 5.75 Å². The fraction of sp³-hybridized carbons (Fsp3) is 0.214. The highest BCUT2D eigenvalue weighted by Crippen LogP contribution is 2.32. The first kappa shape index (κ1) is 25.9. The molecule has 0 unspecified atom stereocenters. The number of rotatable bonds is 11. The second-order valence-corrected chi connectivity index (χ2v) is 12.2. The van der Waals surface area contributed by atoms with Crippen LogP contribution in [0.25, 0.3) is 6.08 Å². The zero-order chi connectivity index (χ0) is 26.4. The van der Waals surface area contributed by atoms with E-state index in [2.05, 4.69) is 20.5 Å². The number of hydrogen-bond acceptors (Lipinski definition) is 9. The molecule has 0 aliphatic carbocycles. The summed E-state index contributed by atoms with van der Waals surface area (Å²) >= 11 is 1.55. The van der Waals surface area contributed by atoms with Crippen molar-refractivity contribution >= 4 is 44.4 Å². The molecular formula is C28H29N5O3S2. The number of aromatic nitrogens is 2. The molecule has 10 heteroatoms. The summed E-state index contributed by atoms with van der Waals surface area (Å²) in [7, 11) is -2.98. The van der Waals surface area contributed by atoms with Gasteiger partial charge in [0.25, 0.3) is 0 Å². The lowest BCUT2D eigenvalue weighted by molar-refractivity contribution is 0.306. The van der Waals surface area contributed by atoms with Crippen LogP contribution in [0.15, 0.2) is 78.6 Å². The first-order valence-corrected chi connectivity index (χ1v) is 15.2. The molecule has 2 N–H and O–H groups in total. The lowest BCUT2D eigenvalue weighted by atomic mass is 10.0. The van der Waals surface area contributed by atoms with E-state index in [1.165, 1.54) is 6.26 Å². The van der Waals surface area contributed by atoms with Gasteiger partial charge >= 0.3 is 0 Å². The molecule has 196 valence electrons. The lowest BCUT2D eigenvalue weighted by Crippen LogP contribution is -2.22. The Kier molecular flexibility index (Phi) is 8.02. The minimum absolute atomic E-state index is 0.115. The number of nitrogens with zero attached hydrogens (tertiary/aromatic N) is 3. The highest BCUT2D eigenvalue weighted by molar-refractivity contribution is 7.90. The Morgan fingerprint density at radius 2 is 1.89 bits per heavy atom. The quantitative estimate of drug-likeness (QED) is 0.254. The van der Waals surface area contributed by atoms with Crippen LogP contribution in [0.2, 0.25) is 0 Å². The van der Waals surface area contributed by atoms with Crippen LogP contribution in [0.5, 0.6) is 5.75 Å². The van der Waals surface area contributed by atoms with Crippen molar-refractivity contribution in [3.63, 3.8) is 0 Å². The number of nitrogens with one attached hydrogen (secondary N) is 2. The molecule has 0 spiro atoms. The third kappa shape index (κ3) is 6.97. The SMILES string of the molecule is CS(=O)(=O)CCNCc1nc(N2C=Cc3cncc(Nc4ccc(OCc5ccccc5)cc4)c3C2)cs1. The van der Waals surface area contributed by atoms with Crippen LogP contribution in [0.3, 0.4) is 0 Å². The van der Waals surface area contributed by atoms with Gasteiger partial charge < -0.3 is 20.3 Å². The smallest absolute Gasteiger partial charge is 0.148 e. The third-order valence-electron chi connectivity index (χ3n) is 5.99. The Hall–Kier alpha value is -3.73. The Balaban J connectivity index is 1.21. The number of fused-ring (bicyclic) bond motifs is 1. The van der Waals surface area contributed by atoms with Crippen LogP contribution >= 0.6 is 11.3 Å². The normalized spacial score (nSPS) is 12.8. The Morgan fingerprint density at radius 3 is 2.68 bits per heavy atom. The van der Waals surface area contributed by atoms with Crippen molar-refractivity contribution in [2.75, 3.05) is 28.8 Å². The maximum atomic E-state index is 11.3. The van der Waals surface area contributed by atoms with Crippen molar-refractivity contribution in [1.82, 2.24) is 15.3 Å². The van der Waals surface area contributed by atoms with E-state index in [1.54, 1.807) is 11.3 Å². The van der Waals surface area contributed by atoms with E-state index < -0.39 is 9.84 Å². The first-order chi connectivity index (χ1) is 18.4. The fourth-order valence-electron chi connectivity index (χ4n) is 3.98. The van der Waals surface area contributed by atoms with Gasteiger partial charge in [-0.3, -0.25) is 4.98 Å². The molecule has 1 aliphatic heterocycles. The van der Waals surface area contributed by atoms with Gasteiger partial charge in [-0.2, -0.15) is 0 Å². The number of sulfone groups is 1. The molecule has 0 saturated carbocycles. The average molecular weight is 548 g/mol. The van der Waals surface area contributed by atoms with E-state index in [9.17, 15) is 8.42 Å². The molecule has 3 heterocycles. The zero-order valence-corrected chi connectivity index (χ0v) is 22.6. The first-order valence-electron chi connectivity index (χ1n) is 12.2. The van der Waals surface area contributed by atoms with E-state index in [0.29, 0.717) is 26.2 Å². The summed E-state index contributed by atoms with van der Waals surface area (Å²) in [6.07, 6.45) is 9.01. The van der Waals surface area contributed by atoms with Crippen LogP contribution in [0.4, 0.5) is 17.2 Å². The van der Waals surface area contributed by atoms with Gasteiger partial charge in [0.2, 0.25) is 0 Å². The molecule has 4 aromatic rings. The van der Waals surface area contributed by atoms with Gasteiger partial charge in [0.05, 0.1) is 24.2 Å². The minimum Gasteiger partial charge on any atom is -0.489 e. The predicted molar refractivity (Wildman–Crippen MR) is 153 cm³/mol. The van der Waals surface area contributed by atoms with Gasteiger partial charge in [0.15, 0.2) is 0 Å². The summed E-state index contributed by atoms with van der Waals surface area (Å²) in [4.78, 5) is 11.3. The van der Waals surface area contributed by atoms with Gasteiger partial charge in [0, 0.05) is 53.9 Å². The Morgan fingerprint density at radius 1 is 1.08 bits per heavy atom. The van der Waals surface area contributed by atoms with Crippen LogP contribution in [0.1, 0.15) is 21.7 Å². The van der Waals surface area contributed by atoms with E-state index in [4.69, 9.17) is 9.72 Å². The highest BCUT2D eigenvalue weighted by atomic mass is 32.2. The van der Waals surface area contributed by atoms with Crippen molar-refractivity contribution in [3.05, 3.63) is 100 Å². The molecule has 0 bridgehead atoms. The summed E-state index contributed by atoms with van der Waals surface area (Å²) in [5.74, 6) is 1.79. The highest BCUT2D eigenvalue weighted by Gasteiger charge is 2.18. The summed E-state index contributed by atoms with van der Waals surface area (Å²) in [6, 6.07) is 18.0. The van der Waals surface area contributed by atoms with Gasteiger partial charge in [-0.15, -0.1) is 11.3 Å². The van der Waals surface area contributed by atoms with E-state index in [0.717, 1.165) is 44.6 Å². The maximum Gasteiger partial charge on any atom is 0.148 e. The van der Waals surface area contributed by atoms with E-state index >= 15 is 0 Å². The van der Waals surface area contributed by atoms with Gasteiger partial charge in [-0.1, -0.05) is 30.3 Å². The zero-order valence-electron chi connectivity index (χ0n) is 21.0. The topological polar surface area (TPSA) is 96.5 Å². The van der Waals surface area contributed by atoms with Crippen LogP contribution < -0.4 is 20.3 Å². The molecule has 38 heavy (non-hydrogen) atoms. The number of anilines is 3. The summed E-state index contributed by atoms with van der Waals surface area (Å²) in [6.45, 7) is 2.13. The predicted octanol–water partition coefficient (Wildman–Crippen LogP) is 4.99. The van der Waals surface area contributed by atoms with Crippen molar-refractivity contribution in [3.8, 4) is 5.75 Å². The summed E-state index contributed by atoms with van der Waals surface area (Å²) < 4.78 is 28.5. The van der Waals surface area contributed by atoms with E-state index in [1.807, 2.05) is 84.6 Å². The van der Waals surface area contributed by atoms with Crippen molar-refractivity contribution < 1.29 is 13.2 Å². The summed E-state index contributed by atoms with van der Waals surface area (Å²) in [5, 5.41) is 9.58. The molecular weight excluding hydrogens is 518 g/mol. The maximum absolute atomic E-state index is 11.3. The van der Waals surface area contributed by atoms with Gasteiger partial charge in [-0.05, 0) is 35.9 Å². The molecule has 0 amide bonds. The van der Waals surface area contributed by atoms with Gasteiger partial charge in [0.1, 0.15) is 33.0 Å². The molecule has 0 atom stereocenters. The third-order valence-corrected chi connectivity index (χ3v) is 7.78. The standard InChI is InChI=1S/C28H29N5O3S2/c1-38(34,35)14-12-29-17-28-32-27(20-37-28)33-13-11-22-15-30-16-26(25(22)18-33)31-23-7-9-24(10-8-23)36-19-21-5-3-2-4-6-21/h2-11,13,15-16,20,29,31H,12,14,17-19H2,1H3. The molecule has 0 fully saturated rings. The van der Waals surface area contributed by atoms with Crippen LogP contribution in [-0.4, -0.2) is 36.9 Å². The molecule has 8 nitrogen and oxygen atoms in total. The van der Waals surface area contributed by atoms with Crippen molar-refractivity contribution in [2.45, 2.75) is 19.7 Å². The number of ether oxygens (including phenoxy) is 1. The molecule has 2 aromatic heterocycles. The monoisotopic (exact) mass is 547 g/mol. The van der Waals surface area contributed by atoms with Crippen LogP contribution in [0, 0.1) is 0 Å². The minimum atomic E-state index is -2.98. The lowest BCUT2D eigenvalue weighted by Gasteiger charge is -2.25. The Labute approximate surface area is 227 Å². The largest absolute Gasteiger partial charge is 0.489 e. The second kappa shape index (κ2) is 11.8. The fourth-order valence-corrected chi connectivity index (χ4v) is 5.26. The summed E-state index contributed by atoms with van der Waals surface area (Å²) in [5.41, 5.74) is 5.21. The van der Waals surface area contributed by atoms with Crippen LogP contribution in [-0.2, 0) is 29.5 Å². The number of benzene rings is 2.